The minimum absolute atomic E-state index is 0.0124. The number of benzene rings is 3. The van der Waals surface area contributed by atoms with Crippen molar-refractivity contribution in [2.75, 3.05) is 5.32 Å². The Balaban J connectivity index is 1.31. The van der Waals surface area contributed by atoms with E-state index in [0.29, 0.717) is 6.42 Å². The molecule has 0 saturated heterocycles. The normalized spacial score (nSPS) is 13.2. The first-order chi connectivity index (χ1) is 14.2. The van der Waals surface area contributed by atoms with E-state index in [1.165, 1.54) is 18.2 Å². The quantitative estimate of drug-likeness (QED) is 0.527. The number of rotatable bonds is 4. The van der Waals surface area contributed by atoms with Crippen molar-refractivity contribution in [3.05, 3.63) is 84.3 Å². The molecule has 3 aromatic carbocycles. The standard InChI is InChI=1S/C25H23N3O/c29-25(15-18-11-12-19-6-1-2-7-20(19)14-18)26-22-9-5-8-21(16-22)23-17-28-13-4-3-10-24(28)27-23/h1-2,5-9,11-12,14,16-17H,3-4,10,13,15H2,(H,26,29). The molecular formula is C25H23N3O. The summed E-state index contributed by atoms with van der Waals surface area (Å²) in [4.78, 5) is 17.4. The molecule has 1 aromatic heterocycles. The predicted octanol–water partition coefficient (Wildman–Crippen LogP) is 5.22. The average Bonchev–Trinajstić information content (AvgIpc) is 3.18. The van der Waals surface area contributed by atoms with E-state index in [9.17, 15) is 4.79 Å². The number of anilines is 1. The Morgan fingerprint density at radius 3 is 2.76 bits per heavy atom. The van der Waals surface area contributed by atoms with Crippen molar-refractivity contribution in [1.29, 1.82) is 0 Å². The predicted molar refractivity (Wildman–Crippen MR) is 117 cm³/mol. The number of imidazole rings is 1. The zero-order chi connectivity index (χ0) is 19.6. The molecule has 4 heteroatoms. The summed E-state index contributed by atoms with van der Waals surface area (Å²) < 4.78 is 2.25. The number of hydrogen-bond donors (Lipinski definition) is 1. The third-order valence-corrected chi connectivity index (χ3v) is 5.53. The van der Waals surface area contributed by atoms with Crippen LogP contribution < -0.4 is 5.32 Å². The lowest BCUT2D eigenvalue weighted by Crippen LogP contribution is -2.14. The molecule has 1 amide bonds. The zero-order valence-corrected chi connectivity index (χ0v) is 16.3. The molecule has 0 unspecified atom stereocenters. The van der Waals surface area contributed by atoms with E-state index in [4.69, 9.17) is 4.98 Å². The summed E-state index contributed by atoms with van der Waals surface area (Å²) in [5.74, 6) is 1.15. The monoisotopic (exact) mass is 381 g/mol. The molecule has 29 heavy (non-hydrogen) atoms. The molecule has 0 bridgehead atoms. The van der Waals surface area contributed by atoms with Crippen molar-refractivity contribution in [2.45, 2.75) is 32.2 Å². The van der Waals surface area contributed by atoms with Crippen molar-refractivity contribution < 1.29 is 4.79 Å². The molecule has 0 saturated carbocycles. The Bertz CT molecular complexity index is 1170. The molecule has 0 fully saturated rings. The number of aromatic nitrogens is 2. The lowest BCUT2D eigenvalue weighted by Gasteiger charge is -2.11. The fourth-order valence-corrected chi connectivity index (χ4v) is 4.05. The summed E-state index contributed by atoms with van der Waals surface area (Å²) in [6.07, 6.45) is 5.95. The molecule has 4 nitrogen and oxygen atoms in total. The van der Waals surface area contributed by atoms with Gasteiger partial charge in [0.2, 0.25) is 5.91 Å². The Labute approximate surface area is 170 Å². The van der Waals surface area contributed by atoms with Gasteiger partial charge >= 0.3 is 0 Å². The first-order valence-corrected chi connectivity index (χ1v) is 10.2. The van der Waals surface area contributed by atoms with Gasteiger partial charge in [-0.3, -0.25) is 4.79 Å². The third kappa shape index (κ3) is 3.79. The number of hydrogen-bond acceptors (Lipinski definition) is 2. The second-order valence-corrected chi connectivity index (χ2v) is 7.68. The first-order valence-electron chi connectivity index (χ1n) is 10.2. The van der Waals surface area contributed by atoms with Gasteiger partial charge in [-0.15, -0.1) is 0 Å². The molecule has 0 radical (unpaired) electrons. The first kappa shape index (κ1) is 17.7. The summed E-state index contributed by atoms with van der Waals surface area (Å²) in [5, 5.41) is 5.38. The molecule has 1 aliphatic heterocycles. The van der Waals surface area contributed by atoms with Gasteiger partial charge in [0.05, 0.1) is 12.1 Å². The third-order valence-electron chi connectivity index (χ3n) is 5.53. The van der Waals surface area contributed by atoms with Crippen molar-refractivity contribution >= 4 is 22.4 Å². The van der Waals surface area contributed by atoms with E-state index < -0.39 is 0 Å². The molecule has 2 heterocycles. The van der Waals surface area contributed by atoms with Crippen LogP contribution in [0.1, 0.15) is 24.2 Å². The van der Waals surface area contributed by atoms with Gasteiger partial charge in [0.25, 0.3) is 0 Å². The zero-order valence-electron chi connectivity index (χ0n) is 16.3. The number of amides is 1. The van der Waals surface area contributed by atoms with Gasteiger partial charge in [0, 0.05) is 30.4 Å². The number of nitrogens with one attached hydrogen (secondary N) is 1. The van der Waals surface area contributed by atoms with Gasteiger partial charge in [-0.05, 0) is 41.3 Å². The molecule has 1 aliphatic rings. The van der Waals surface area contributed by atoms with Crippen molar-refractivity contribution in [2.24, 2.45) is 0 Å². The summed E-state index contributed by atoms with van der Waals surface area (Å²) in [5.41, 5.74) is 3.83. The molecule has 1 N–H and O–H groups in total. The number of carbonyl (C=O) groups excluding carboxylic acids is 1. The molecular weight excluding hydrogens is 358 g/mol. The van der Waals surface area contributed by atoms with E-state index >= 15 is 0 Å². The lowest BCUT2D eigenvalue weighted by atomic mass is 10.0. The van der Waals surface area contributed by atoms with E-state index in [2.05, 4.69) is 40.3 Å². The molecule has 144 valence electrons. The molecule has 0 spiro atoms. The van der Waals surface area contributed by atoms with Crippen LogP contribution in [0.3, 0.4) is 0 Å². The maximum atomic E-state index is 12.6. The Hall–Kier alpha value is -3.40. The molecule has 5 rings (SSSR count). The smallest absolute Gasteiger partial charge is 0.228 e. The van der Waals surface area contributed by atoms with E-state index in [0.717, 1.165) is 46.7 Å². The SMILES string of the molecule is O=C(Cc1ccc2ccccc2c1)Nc1cccc(-c2cn3c(n2)CCCC3)c1. The highest BCUT2D eigenvalue weighted by Gasteiger charge is 2.14. The van der Waals surface area contributed by atoms with E-state index in [-0.39, 0.29) is 5.91 Å². The number of carbonyl (C=O) groups is 1. The van der Waals surface area contributed by atoms with Crippen LogP contribution in [0.4, 0.5) is 5.69 Å². The van der Waals surface area contributed by atoms with Gasteiger partial charge in [-0.1, -0.05) is 54.6 Å². The maximum absolute atomic E-state index is 12.6. The average molecular weight is 381 g/mol. The highest BCUT2D eigenvalue weighted by atomic mass is 16.1. The largest absolute Gasteiger partial charge is 0.334 e. The van der Waals surface area contributed by atoms with Crippen LogP contribution in [0, 0.1) is 0 Å². The molecule has 0 aliphatic carbocycles. The Kier molecular flexibility index (Phi) is 4.60. The van der Waals surface area contributed by atoms with Crippen LogP contribution >= 0.6 is 0 Å². The Morgan fingerprint density at radius 1 is 0.966 bits per heavy atom. The Morgan fingerprint density at radius 2 is 1.86 bits per heavy atom. The van der Waals surface area contributed by atoms with Gasteiger partial charge in [0.1, 0.15) is 5.82 Å². The summed E-state index contributed by atoms with van der Waals surface area (Å²) in [7, 11) is 0. The van der Waals surface area contributed by atoms with Gasteiger partial charge in [0.15, 0.2) is 0 Å². The number of nitrogens with zero attached hydrogens (tertiary/aromatic N) is 2. The highest BCUT2D eigenvalue weighted by Crippen LogP contribution is 2.25. The van der Waals surface area contributed by atoms with Crippen LogP contribution in [0.15, 0.2) is 72.9 Å². The summed E-state index contributed by atoms with van der Waals surface area (Å²) in [6, 6.07) is 22.3. The van der Waals surface area contributed by atoms with Crippen molar-refractivity contribution in [1.82, 2.24) is 9.55 Å². The van der Waals surface area contributed by atoms with Crippen LogP contribution in [0.2, 0.25) is 0 Å². The van der Waals surface area contributed by atoms with Crippen molar-refractivity contribution in [3.8, 4) is 11.3 Å². The minimum atomic E-state index is -0.0124. The highest BCUT2D eigenvalue weighted by molar-refractivity contribution is 5.93. The second-order valence-electron chi connectivity index (χ2n) is 7.68. The molecule has 0 atom stereocenters. The maximum Gasteiger partial charge on any atom is 0.228 e. The summed E-state index contributed by atoms with van der Waals surface area (Å²) >= 11 is 0. The van der Waals surface area contributed by atoms with Crippen LogP contribution in [0.25, 0.3) is 22.0 Å². The minimum Gasteiger partial charge on any atom is -0.334 e. The lowest BCUT2D eigenvalue weighted by molar-refractivity contribution is -0.115. The topological polar surface area (TPSA) is 46.9 Å². The van der Waals surface area contributed by atoms with Gasteiger partial charge < -0.3 is 9.88 Å². The second kappa shape index (κ2) is 7.55. The fraction of sp³-hybridized carbons (Fsp3) is 0.200. The number of fused-ring (bicyclic) bond motifs is 2. The van der Waals surface area contributed by atoms with Crippen LogP contribution in [-0.2, 0) is 24.2 Å². The van der Waals surface area contributed by atoms with E-state index in [1.807, 2.05) is 42.5 Å². The fourth-order valence-electron chi connectivity index (χ4n) is 4.05. The number of aryl methyl sites for hydroxylation is 2. The van der Waals surface area contributed by atoms with Gasteiger partial charge in [-0.25, -0.2) is 4.98 Å². The summed E-state index contributed by atoms with van der Waals surface area (Å²) in [6.45, 7) is 1.05. The van der Waals surface area contributed by atoms with Crippen molar-refractivity contribution in [3.63, 3.8) is 0 Å². The van der Waals surface area contributed by atoms with E-state index in [1.54, 1.807) is 0 Å². The van der Waals surface area contributed by atoms with Gasteiger partial charge in [-0.2, -0.15) is 0 Å². The van der Waals surface area contributed by atoms with Crippen LogP contribution in [-0.4, -0.2) is 15.5 Å². The molecule has 4 aromatic rings. The van der Waals surface area contributed by atoms with Crippen LogP contribution in [0.5, 0.6) is 0 Å².